The second kappa shape index (κ2) is 11.2. The Labute approximate surface area is 287 Å². The van der Waals surface area contributed by atoms with Crippen LogP contribution in [0.3, 0.4) is 0 Å². The van der Waals surface area contributed by atoms with Crippen molar-refractivity contribution in [2.24, 2.45) is 0 Å². The van der Waals surface area contributed by atoms with Crippen molar-refractivity contribution < 1.29 is 4.42 Å². The summed E-state index contributed by atoms with van der Waals surface area (Å²) < 4.78 is 9.03. The third kappa shape index (κ3) is 4.62. The lowest BCUT2D eigenvalue weighted by atomic mass is 10.0. The molecule has 0 atom stereocenters. The molecule has 2 nitrogen and oxygen atoms in total. The SMILES string of the molecule is c1ccc(N(c2ccc(-c3ccc4oc5c6ccccc6ccc5c4c3)cc2)c2ccc(-c3cccc4c3sc3ccccc34)cc2)cc1. The first kappa shape index (κ1) is 27.9. The minimum Gasteiger partial charge on any atom is -0.455 e. The van der Waals surface area contributed by atoms with E-state index in [0.29, 0.717) is 0 Å². The number of nitrogens with zero attached hydrogens (tertiary/aromatic N) is 1. The molecule has 0 unspecified atom stereocenters. The van der Waals surface area contributed by atoms with E-state index in [2.05, 4.69) is 181 Å². The summed E-state index contributed by atoms with van der Waals surface area (Å²) in [6.07, 6.45) is 0. The topological polar surface area (TPSA) is 16.4 Å². The summed E-state index contributed by atoms with van der Waals surface area (Å²) in [6, 6.07) is 63.1. The van der Waals surface area contributed by atoms with Crippen LogP contribution in [0.25, 0.3) is 75.1 Å². The minimum atomic E-state index is 0.911. The second-order valence-electron chi connectivity index (χ2n) is 12.5. The van der Waals surface area contributed by atoms with Crippen LogP contribution in [0.2, 0.25) is 0 Å². The fourth-order valence-corrected chi connectivity index (χ4v) is 8.51. The largest absolute Gasteiger partial charge is 0.455 e. The Morgan fingerprint density at radius 3 is 1.88 bits per heavy atom. The first-order valence-corrected chi connectivity index (χ1v) is 17.4. The molecule has 3 heteroatoms. The van der Waals surface area contributed by atoms with Gasteiger partial charge in [0.2, 0.25) is 0 Å². The van der Waals surface area contributed by atoms with Gasteiger partial charge in [-0.3, -0.25) is 0 Å². The van der Waals surface area contributed by atoms with Gasteiger partial charge in [0.1, 0.15) is 11.2 Å². The zero-order chi connectivity index (χ0) is 32.3. The molecule has 10 rings (SSSR count). The van der Waals surface area contributed by atoms with Crippen LogP contribution in [-0.4, -0.2) is 0 Å². The number of para-hydroxylation sites is 1. The molecular weight excluding hydrogens is 615 g/mol. The van der Waals surface area contributed by atoms with Gasteiger partial charge >= 0.3 is 0 Å². The molecule has 10 aromatic rings. The smallest absolute Gasteiger partial charge is 0.143 e. The van der Waals surface area contributed by atoms with Crippen molar-refractivity contribution in [2.45, 2.75) is 0 Å². The number of anilines is 3. The van der Waals surface area contributed by atoms with Crippen molar-refractivity contribution in [1.29, 1.82) is 0 Å². The standard InChI is InChI=1S/C46H29NOS/c1-2-10-34(11-3-1)47(36-25-19-32(20-26-36)38-14-8-15-41-39-13-6-7-16-44(39)49-46(38)41)35-23-17-30(18-24-35)33-22-28-43-42(29-33)40-27-21-31-9-4-5-12-37(31)45(40)48-43/h1-29H. The fraction of sp³-hybridized carbons (Fsp3) is 0. The monoisotopic (exact) mass is 643 g/mol. The van der Waals surface area contributed by atoms with Crippen LogP contribution >= 0.6 is 11.3 Å². The Balaban J connectivity index is 1.02. The normalized spacial score (nSPS) is 11.7. The molecule has 0 radical (unpaired) electrons. The molecule has 2 heterocycles. The minimum absolute atomic E-state index is 0.911. The second-order valence-corrected chi connectivity index (χ2v) is 13.6. The fourth-order valence-electron chi connectivity index (χ4n) is 7.28. The van der Waals surface area contributed by atoms with Gasteiger partial charge in [0.15, 0.2) is 0 Å². The van der Waals surface area contributed by atoms with Crippen molar-refractivity contribution in [3.63, 3.8) is 0 Å². The first-order valence-electron chi connectivity index (χ1n) is 16.6. The quantitative estimate of drug-likeness (QED) is 0.186. The van der Waals surface area contributed by atoms with Crippen molar-refractivity contribution in [3.8, 4) is 22.3 Å². The number of fused-ring (bicyclic) bond motifs is 8. The van der Waals surface area contributed by atoms with E-state index < -0.39 is 0 Å². The van der Waals surface area contributed by atoms with Gasteiger partial charge in [-0.15, -0.1) is 11.3 Å². The van der Waals surface area contributed by atoms with E-state index in [4.69, 9.17) is 4.42 Å². The summed E-state index contributed by atoms with van der Waals surface area (Å²) in [5.74, 6) is 0. The maximum absolute atomic E-state index is 6.37. The number of rotatable bonds is 5. The van der Waals surface area contributed by atoms with E-state index in [1.165, 1.54) is 47.8 Å². The van der Waals surface area contributed by atoms with Crippen molar-refractivity contribution in [3.05, 3.63) is 176 Å². The van der Waals surface area contributed by atoms with Crippen LogP contribution in [0.15, 0.2) is 180 Å². The predicted octanol–water partition coefficient (Wildman–Crippen LogP) is 13.9. The molecule has 0 fully saturated rings. The van der Waals surface area contributed by atoms with Crippen molar-refractivity contribution in [2.75, 3.05) is 4.90 Å². The van der Waals surface area contributed by atoms with Gasteiger partial charge in [-0.25, -0.2) is 0 Å². The Kier molecular flexibility index (Phi) is 6.39. The Bertz CT molecular complexity index is 2810. The van der Waals surface area contributed by atoms with Crippen molar-refractivity contribution >= 4 is 81.3 Å². The molecule has 8 aromatic carbocycles. The van der Waals surface area contributed by atoms with Crippen LogP contribution in [0.1, 0.15) is 0 Å². The van der Waals surface area contributed by atoms with E-state index in [0.717, 1.165) is 44.4 Å². The lowest BCUT2D eigenvalue weighted by Gasteiger charge is -2.26. The predicted molar refractivity (Wildman–Crippen MR) is 210 cm³/mol. The molecule has 0 aliphatic carbocycles. The summed E-state index contributed by atoms with van der Waals surface area (Å²) in [6.45, 7) is 0. The summed E-state index contributed by atoms with van der Waals surface area (Å²) >= 11 is 1.87. The molecule has 0 saturated heterocycles. The molecule has 0 spiro atoms. The van der Waals surface area contributed by atoms with E-state index >= 15 is 0 Å². The highest BCUT2D eigenvalue weighted by Crippen LogP contribution is 2.42. The highest BCUT2D eigenvalue weighted by atomic mass is 32.1. The van der Waals surface area contributed by atoms with Crippen LogP contribution in [0, 0.1) is 0 Å². The number of furan rings is 1. The lowest BCUT2D eigenvalue weighted by Crippen LogP contribution is -2.09. The van der Waals surface area contributed by atoms with Crippen LogP contribution in [0.5, 0.6) is 0 Å². The summed E-state index contributed by atoms with van der Waals surface area (Å²) in [5.41, 5.74) is 10.0. The molecule has 0 aliphatic heterocycles. The van der Waals surface area contributed by atoms with Crippen LogP contribution in [-0.2, 0) is 0 Å². The average molecular weight is 644 g/mol. The molecule has 2 aromatic heterocycles. The third-order valence-electron chi connectivity index (χ3n) is 9.68. The maximum atomic E-state index is 6.37. The number of hydrogen-bond donors (Lipinski definition) is 0. The van der Waals surface area contributed by atoms with Gasteiger partial charge in [0.25, 0.3) is 0 Å². The summed E-state index contributed by atoms with van der Waals surface area (Å²) in [5, 5.41) is 7.27. The number of hydrogen-bond acceptors (Lipinski definition) is 3. The lowest BCUT2D eigenvalue weighted by molar-refractivity contribution is 0.672. The molecule has 0 saturated carbocycles. The maximum Gasteiger partial charge on any atom is 0.143 e. The zero-order valence-corrected chi connectivity index (χ0v) is 27.3. The van der Waals surface area contributed by atoms with Gasteiger partial charge in [-0.1, -0.05) is 115 Å². The molecule has 0 N–H and O–H groups in total. The number of thiophene rings is 1. The average Bonchev–Trinajstić information content (AvgIpc) is 3.75. The van der Waals surface area contributed by atoms with Gasteiger partial charge in [-0.05, 0) is 88.3 Å². The van der Waals surface area contributed by atoms with Crippen molar-refractivity contribution in [1.82, 2.24) is 0 Å². The summed E-state index contributed by atoms with van der Waals surface area (Å²) in [4.78, 5) is 2.32. The summed E-state index contributed by atoms with van der Waals surface area (Å²) in [7, 11) is 0. The Morgan fingerprint density at radius 2 is 1.06 bits per heavy atom. The van der Waals surface area contributed by atoms with Crippen LogP contribution < -0.4 is 4.90 Å². The van der Waals surface area contributed by atoms with Gasteiger partial charge in [0.05, 0.1) is 0 Å². The van der Waals surface area contributed by atoms with Gasteiger partial charge in [-0.2, -0.15) is 0 Å². The van der Waals surface area contributed by atoms with E-state index in [1.54, 1.807) is 0 Å². The molecule has 230 valence electrons. The molecule has 0 bridgehead atoms. The van der Waals surface area contributed by atoms with E-state index in [-0.39, 0.29) is 0 Å². The highest BCUT2D eigenvalue weighted by molar-refractivity contribution is 7.26. The third-order valence-corrected chi connectivity index (χ3v) is 10.9. The Hall–Kier alpha value is -6.16. The zero-order valence-electron chi connectivity index (χ0n) is 26.5. The molecule has 0 aliphatic rings. The number of benzene rings is 8. The molecule has 49 heavy (non-hydrogen) atoms. The molecule has 0 amide bonds. The highest BCUT2D eigenvalue weighted by Gasteiger charge is 2.16. The molecular formula is C46H29NOS. The Morgan fingerprint density at radius 1 is 0.408 bits per heavy atom. The van der Waals surface area contributed by atoms with Gasteiger partial charge < -0.3 is 9.32 Å². The van der Waals surface area contributed by atoms with Gasteiger partial charge in [0, 0.05) is 53.4 Å². The van der Waals surface area contributed by atoms with E-state index in [9.17, 15) is 0 Å². The first-order chi connectivity index (χ1) is 24.3. The van der Waals surface area contributed by atoms with Crippen LogP contribution in [0.4, 0.5) is 17.1 Å². The van der Waals surface area contributed by atoms with E-state index in [1.807, 2.05) is 11.3 Å².